The SMILES string of the molecule is O=C(c1cnon1)N1CCN(Cc2ccc3c(c2)OCO3)CC1. The molecule has 1 aromatic heterocycles. The monoisotopic (exact) mass is 316 g/mol. The Morgan fingerprint density at radius 1 is 1.13 bits per heavy atom. The van der Waals surface area contributed by atoms with Crippen LogP contribution in [0.5, 0.6) is 11.5 Å². The van der Waals surface area contributed by atoms with Crippen LogP contribution in [0.15, 0.2) is 29.0 Å². The van der Waals surface area contributed by atoms with Crippen LogP contribution >= 0.6 is 0 Å². The van der Waals surface area contributed by atoms with Gasteiger partial charge in [0.1, 0.15) is 6.20 Å². The molecule has 0 N–H and O–H groups in total. The quantitative estimate of drug-likeness (QED) is 0.826. The fourth-order valence-electron chi connectivity index (χ4n) is 2.83. The Morgan fingerprint density at radius 2 is 1.96 bits per heavy atom. The number of fused-ring (bicyclic) bond motifs is 1. The molecule has 3 heterocycles. The van der Waals surface area contributed by atoms with E-state index in [1.807, 2.05) is 18.2 Å². The number of carbonyl (C=O) groups excluding carboxylic acids is 1. The van der Waals surface area contributed by atoms with Gasteiger partial charge < -0.3 is 14.4 Å². The van der Waals surface area contributed by atoms with E-state index in [-0.39, 0.29) is 18.4 Å². The number of hydrogen-bond donors (Lipinski definition) is 0. The van der Waals surface area contributed by atoms with E-state index in [0.717, 1.165) is 31.1 Å². The molecule has 1 saturated heterocycles. The van der Waals surface area contributed by atoms with E-state index in [1.165, 1.54) is 11.8 Å². The maximum absolute atomic E-state index is 12.2. The second-order valence-corrected chi connectivity index (χ2v) is 5.55. The van der Waals surface area contributed by atoms with Gasteiger partial charge in [-0.2, -0.15) is 0 Å². The number of aromatic nitrogens is 2. The lowest BCUT2D eigenvalue weighted by Gasteiger charge is -2.34. The van der Waals surface area contributed by atoms with Crippen LogP contribution in [0.3, 0.4) is 0 Å². The number of nitrogens with zero attached hydrogens (tertiary/aromatic N) is 4. The Labute approximate surface area is 132 Å². The van der Waals surface area contributed by atoms with Crippen LogP contribution in [0.2, 0.25) is 0 Å². The van der Waals surface area contributed by atoms with Gasteiger partial charge in [-0.1, -0.05) is 11.2 Å². The standard InChI is InChI=1S/C15H16N4O4/c20-15(12-8-16-23-17-12)19-5-3-18(4-6-19)9-11-1-2-13-14(7-11)22-10-21-13/h1-2,7-8H,3-6,9-10H2. The molecule has 8 heteroatoms. The summed E-state index contributed by atoms with van der Waals surface area (Å²) in [5.41, 5.74) is 1.43. The number of hydrogen-bond acceptors (Lipinski definition) is 7. The Hall–Kier alpha value is -2.61. The van der Waals surface area contributed by atoms with E-state index in [1.54, 1.807) is 4.90 Å². The van der Waals surface area contributed by atoms with Gasteiger partial charge in [0, 0.05) is 32.7 Å². The van der Waals surface area contributed by atoms with Crippen LogP contribution in [0.4, 0.5) is 0 Å². The minimum absolute atomic E-state index is 0.131. The normalized spacial score (nSPS) is 17.5. The number of piperazine rings is 1. The number of ether oxygens (including phenoxy) is 2. The van der Waals surface area contributed by atoms with Crippen molar-refractivity contribution in [1.29, 1.82) is 0 Å². The molecule has 0 atom stereocenters. The molecular formula is C15H16N4O4. The molecule has 1 aromatic carbocycles. The van der Waals surface area contributed by atoms with E-state index < -0.39 is 0 Å². The van der Waals surface area contributed by atoms with Gasteiger partial charge in [-0.25, -0.2) is 4.63 Å². The predicted molar refractivity (Wildman–Crippen MR) is 78.0 cm³/mol. The third kappa shape index (κ3) is 2.85. The zero-order valence-electron chi connectivity index (χ0n) is 12.5. The Bertz CT molecular complexity index is 696. The third-order valence-electron chi connectivity index (χ3n) is 4.08. The summed E-state index contributed by atoms with van der Waals surface area (Å²) >= 11 is 0. The fourth-order valence-corrected chi connectivity index (χ4v) is 2.83. The highest BCUT2D eigenvalue weighted by atomic mass is 16.7. The zero-order chi connectivity index (χ0) is 15.6. The molecule has 4 rings (SSSR count). The van der Waals surface area contributed by atoms with Crippen LogP contribution in [0.25, 0.3) is 0 Å². The third-order valence-corrected chi connectivity index (χ3v) is 4.08. The van der Waals surface area contributed by atoms with E-state index >= 15 is 0 Å². The van der Waals surface area contributed by atoms with Crippen molar-refractivity contribution < 1.29 is 18.9 Å². The maximum atomic E-state index is 12.2. The molecule has 0 spiro atoms. The van der Waals surface area contributed by atoms with Crippen LogP contribution in [-0.2, 0) is 6.54 Å². The second-order valence-electron chi connectivity index (χ2n) is 5.55. The van der Waals surface area contributed by atoms with Gasteiger partial charge in [0.05, 0.1) is 0 Å². The Balaban J connectivity index is 1.34. The van der Waals surface area contributed by atoms with Crippen molar-refractivity contribution in [3.63, 3.8) is 0 Å². The molecule has 0 aliphatic carbocycles. The van der Waals surface area contributed by atoms with Crippen molar-refractivity contribution in [3.8, 4) is 11.5 Å². The molecule has 8 nitrogen and oxygen atoms in total. The lowest BCUT2D eigenvalue weighted by Crippen LogP contribution is -2.48. The van der Waals surface area contributed by atoms with Crippen LogP contribution in [-0.4, -0.2) is 59.0 Å². The first-order valence-corrected chi connectivity index (χ1v) is 7.47. The first kappa shape index (κ1) is 14.0. The molecule has 0 bridgehead atoms. The van der Waals surface area contributed by atoms with E-state index in [9.17, 15) is 4.79 Å². The van der Waals surface area contributed by atoms with Crippen molar-refractivity contribution in [1.82, 2.24) is 20.1 Å². The summed E-state index contributed by atoms with van der Waals surface area (Å²) in [5.74, 6) is 1.47. The highest BCUT2D eigenvalue weighted by molar-refractivity contribution is 5.91. The fraction of sp³-hybridized carbons (Fsp3) is 0.400. The van der Waals surface area contributed by atoms with E-state index in [2.05, 4.69) is 19.8 Å². The van der Waals surface area contributed by atoms with Gasteiger partial charge in [-0.15, -0.1) is 0 Å². The average Bonchev–Trinajstić information content (AvgIpc) is 3.26. The van der Waals surface area contributed by atoms with Crippen molar-refractivity contribution in [2.75, 3.05) is 33.0 Å². The maximum Gasteiger partial charge on any atom is 0.277 e. The largest absolute Gasteiger partial charge is 0.454 e. The second kappa shape index (κ2) is 5.88. The lowest BCUT2D eigenvalue weighted by atomic mass is 10.1. The van der Waals surface area contributed by atoms with Gasteiger partial charge in [-0.3, -0.25) is 9.69 Å². The molecule has 1 fully saturated rings. The summed E-state index contributed by atoms with van der Waals surface area (Å²) in [6.45, 7) is 4.06. The van der Waals surface area contributed by atoms with E-state index in [4.69, 9.17) is 9.47 Å². The average molecular weight is 316 g/mol. The molecule has 120 valence electrons. The molecule has 2 aliphatic heterocycles. The summed E-state index contributed by atoms with van der Waals surface area (Å²) < 4.78 is 15.2. The highest BCUT2D eigenvalue weighted by Crippen LogP contribution is 2.32. The molecule has 2 aromatic rings. The zero-order valence-corrected chi connectivity index (χ0v) is 12.5. The number of carbonyl (C=O) groups is 1. The van der Waals surface area contributed by atoms with Gasteiger partial charge >= 0.3 is 0 Å². The van der Waals surface area contributed by atoms with Gasteiger partial charge in [0.25, 0.3) is 5.91 Å². The molecule has 23 heavy (non-hydrogen) atoms. The van der Waals surface area contributed by atoms with Crippen LogP contribution < -0.4 is 9.47 Å². The summed E-state index contributed by atoms with van der Waals surface area (Å²) in [7, 11) is 0. The summed E-state index contributed by atoms with van der Waals surface area (Å²) in [6, 6.07) is 6.00. The first-order valence-electron chi connectivity index (χ1n) is 7.47. The lowest BCUT2D eigenvalue weighted by molar-refractivity contribution is 0.0618. The topological polar surface area (TPSA) is 80.9 Å². The summed E-state index contributed by atoms with van der Waals surface area (Å²) in [6.07, 6.45) is 1.35. The molecule has 0 unspecified atom stereocenters. The molecule has 1 amide bonds. The number of rotatable bonds is 3. The van der Waals surface area contributed by atoms with Crippen LogP contribution in [0.1, 0.15) is 16.1 Å². The van der Waals surface area contributed by atoms with Crippen LogP contribution in [0, 0.1) is 0 Å². The van der Waals surface area contributed by atoms with E-state index in [0.29, 0.717) is 13.1 Å². The minimum Gasteiger partial charge on any atom is -0.454 e. The Morgan fingerprint density at radius 3 is 2.74 bits per heavy atom. The Kier molecular flexibility index (Phi) is 3.58. The van der Waals surface area contributed by atoms with Crippen molar-refractivity contribution in [3.05, 3.63) is 35.7 Å². The predicted octanol–water partition coefficient (Wildman–Crippen LogP) is 0.756. The molecule has 0 saturated carbocycles. The van der Waals surface area contributed by atoms with Gasteiger partial charge in [-0.05, 0) is 22.9 Å². The molecule has 0 radical (unpaired) electrons. The number of amides is 1. The summed E-state index contributed by atoms with van der Waals surface area (Å²) in [5, 5.41) is 7.07. The van der Waals surface area contributed by atoms with Crippen molar-refractivity contribution in [2.24, 2.45) is 0 Å². The van der Waals surface area contributed by atoms with Gasteiger partial charge in [0.2, 0.25) is 6.79 Å². The molecular weight excluding hydrogens is 300 g/mol. The first-order chi connectivity index (χ1) is 11.3. The number of benzene rings is 1. The van der Waals surface area contributed by atoms with Gasteiger partial charge in [0.15, 0.2) is 17.2 Å². The van der Waals surface area contributed by atoms with Crippen molar-refractivity contribution >= 4 is 5.91 Å². The van der Waals surface area contributed by atoms with Crippen molar-refractivity contribution in [2.45, 2.75) is 6.54 Å². The molecule has 2 aliphatic rings. The smallest absolute Gasteiger partial charge is 0.277 e. The minimum atomic E-state index is -0.131. The highest BCUT2D eigenvalue weighted by Gasteiger charge is 2.24. The summed E-state index contributed by atoms with van der Waals surface area (Å²) in [4.78, 5) is 16.2.